The molecule has 1 amide bonds. The van der Waals surface area contributed by atoms with Gasteiger partial charge in [-0.05, 0) is 73.5 Å². The first-order valence-electron chi connectivity index (χ1n) is 11.8. The molecular formula is C30H29N3O3. The van der Waals surface area contributed by atoms with Gasteiger partial charge in [0.15, 0.2) is 18.1 Å². The molecule has 1 N–H and O–H groups in total. The Balaban J connectivity index is 1.49. The Labute approximate surface area is 211 Å². The smallest absolute Gasteiger partial charge is 0.262 e. The first kappa shape index (κ1) is 24.5. The number of carbonyl (C=O) groups is 1. The zero-order valence-electron chi connectivity index (χ0n) is 20.4. The second kappa shape index (κ2) is 12.2. The van der Waals surface area contributed by atoms with Crippen molar-refractivity contribution in [1.29, 1.82) is 0 Å². The first-order chi connectivity index (χ1) is 17.6. The van der Waals surface area contributed by atoms with Crippen molar-refractivity contribution in [3.05, 3.63) is 114 Å². The highest BCUT2D eigenvalue weighted by Crippen LogP contribution is 2.29. The summed E-state index contributed by atoms with van der Waals surface area (Å²) in [7, 11) is 0. The number of para-hydroxylation sites is 3. The minimum atomic E-state index is -0.237. The molecule has 0 saturated heterocycles. The number of anilines is 3. The summed E-state index contributed by atoms with van der Waals surface area (Å²) in [6.07, 6.45) is 1.77. The fraction of sp³-hybridized carbons (Fsp3) is 0.133. The SMILES string of the molecule is CCOc1cc(/C=N\N(c2ccccc2)c2ccccc2)ccc1OCC(=O)Nc1ccccc1C. The number of hydrogen-bond donors (Lipinski definition) is 1. The van der Waals surface area contributed by atoms with Crippen molar-refractivity contribution in [2.45, 2.75) is 13.8 Å². The molecule has 182 valence electrons. The van der Waals surface area contributed by atoms with Crippen molar-refractivity contribution >= 4 is 29.2 Å². The molecule has 0 bridgehead atoms. The Morgan fingerprint density at radius 2 is 1.47 bits per heavy atom. The zero-order chi connectivity index (χ0) is 25.2. The van der Waals surface area contributed by atoms with Crippen LogP contribution in [0.3, 0.4) is 0 Å². The number of nitrogens with one attached hydrogen (secondary N) is 1. The highest BCUT2D eigenvalue weighted by molar-refractivity contribution is 5.92. The third-order valence-corrected chi connectivity index (χ3v) is 5.37. The number of nitrogens with zero attached hydrogens (tertiary/aromatic N) is 2. The van der Waals surface area contributed by atoms with E-state index in [2.05, 4.69) is 5.32 Å². The van der Waals surface area contributed by atoms with Gasteiger partial charge in [0, 0.05) is 5.69 Å². The highest BCUT2D eigenvalue weighted by Gasteiger charge is 2.11. The number of carbonyl (C=O) groups excluding carboxylic acids is 1. The summed E-state index contributed by atoms with van der Waals surface area (Å²) < 4.78 is 11.6. The van der Waals surface area contributed by atoms with Crippen molar-refractivity contribution < 1.29 is 14.3 Å². The van der Waals surface area contributed by atoms with E-state index in [1.54, 1.807) is 12.3 Å². The molecule has 0 saturated carbocycles. The Kier molecular flexibility index (Phi) is 8.33. The summed E-state index contributed by atoms with van der Waals surface area (Å²) in [5.41, 5.74) is 4.50. The van der Waals surface area contributed by atoms with Gasteiger partial charge in [0.1, 0.15) is 0 Å². The Morgan fingerprint density at radius 3 is 2.11 bits per heavy atom. The van der Waals surface area contributed by atoms with Crippen LogP contribution in [0.15, 0.2) is 108 Å². The molecule has 4 aromatic rings. The quantitative estimate of drug-likeness (QED) is 0.206. The second-order valence-electron chi connectivity index (χ2n) is 8.02. The van der Waals surface area contributed by atoms with Gasteiger partial charge >= 0.3 is 0 Å². The molecule has 0 aromatic heterocycles. The molecule has 0 heterocycles. The molecule has 36 heavy (non-hydrogen) atoms. The van der Waals surface area contributed by atoms with E-state index in [-0.39, 0.29) is 12.5 Å². The van der Waals surface area contributed by atoms with Crippen LogP contribution in [0.4, 0.5) is 17.1 Å². The highest BCUT2D eigenvalue weighted by atomic mass is 16.5. The second-order valence-corrected chi connectivity index (χ2v) is 8.02. The summed E-state index contributed by atoms with van der Waals surface area (Å²) in [6, 6.07) is 33.1. The summed E-state index contributed by atoms with van der Waals surface area (Å²) in [5.74, 6) is 0.812. The fourth-order valence-corrected chi connectivity index (χ4v) is 3.58. The standard InChI is InChI=1S/C30H29N3O3/c1-3-35-29-20-24(18-19-28(29)36-22-30(34)32-27-17-11-10-12-23(27)2)21-31-33(25-13-6-4-7-14-25)26-15-8-5-9-16-26/h4-21H,3,22H2,1-2H3,(H,32,34)/b31-21-. The van der Waals surface area contributed by atoms with Crippen LogP contribution in [-0.4, -0.2) is 25.3 Å². The van der Waals surface area contributed by atoms with Crippen LogP contribution in [0.5, 0.6) is 11.5 Å². The number of ether oxygens (including phenoxy) is 2. The van der Waals surface area contributed by atoms with Gasteiger partial charge in [0.05, 0.1) is 24.2 Å². The molecule has 0 aliphatic rings. The van der Waals surface area contributed by atoms with Crippen LogP contribution in [0.25, 0.3) is 0 Å². The van der Waals surface area contributed by atoms with E-state index in [0.717, 1.165) is 28.2 Å². The van der Waals surface area contributed by atoms with E-state index in [0.29, 0.717) is 18.1 Å². The van der Waals surface area contributed by atoms with Crippen molar-refractivity contribution in [2.75, 3.05) is 23.5 Å². The lowest BCUT2D eigenvalue weighted by atomic mass is 10.2. The number of benzene rings is 4. The van der Waals surface area contributed by atoms with E-state index in [4.69, 9.17) is 14.6 Å². The van der Waals surface area contributed by atoms with Gasteiger partial charge in [-0.1, -0.05) is 54.6 Å². The maximum Gasteiger partial charge on any atom is 0.262 e. The fourth-order valence-electron chi connectivity index (χ4n) is 3.58. The van der Waals surface area contributed by atoms with Crippen LogP contribution < -0.4 is 19.8 Å². The number of hydrogen-bond acceptors (Lipinski definition) is 5. The lowest BCUT2D eigenvalue weighted by molar-refractivity contribution is -0.118. The number of rotatable bonds is 10. The average Bonchev–Trinajstić information content (AvgIpc) is 2.91. The lowest BCUT2D eigenvalue weighted by Gasteiger charge is -2.19. The van der Waals surface area contributed by atoms with E-state index in [1.165, 1.54) is 0 Å². The third-order valence-electron chi connectivity index (χ3n) is 5.37. The molecule has 0 fully saturated rings. The molecule has 0 aliphatic carbocycles. The van der Waals surface area contributed by atoms with E-state index >= 15 is 0 Å². The topological polar surface area (TPSA) is 63.2 Å². The monoisotopic (exact) mass is 479 g/mol. The molecule has 4 rings (SSSR count). The normalized spacial score (nSPS) is 10.7. The van der Waals surface area contributed by atoms with Crippen molar-refractivity contribution in [2.24, 2.45) is 5.10 Å². The Hall–Kier alpha value is -4.58. The van der Waals surface area contributed by atoms with E-state index in [9.17, 15) is 4.79 Å². The van der Waals surface area contributed by atoms with Crippen LogP contribution >= 0.6 is 0 Å². The molecule has 4 aromatic carbocycles. The maximum atomic E-state index is 12.4. The molecule has 6 heteroatoms. The molecule has 0 spiro atoms. The first-order valence-corrected chi connectivity index (χ1v) is 11.8. The Morgan fingerprint density at radius 1 is 0.833 bits per heavy atom. The van der Waals surface area contributed by atoms with Gasteiger partial charge in [-0.15, -0.1) is 0 Å². The largest absolute Gasteiger partial charge is 0.490 e. The maximum absolute atomic E-state index is 12.4. The summed E-state index contributed by atoms with van der Waals surface area (Å²) in [5, 5.41) is 9.49. The predicted octanol–water partition coefficient (Wildman–Crippen LogP) is 6.58. The predicted molar refractivity (Wildman–Crippen MR) is 146 cm³/mol. The van der Waals surface area contributed by atoms with E-state index < -0.39 is 0 Å². The molecule has 6 nitrogen and oxygen atoms in total. The van der Waals surface area contributed by atoms with Crippen LogP contribution in [-0.2, 0) is 4.79 Å². The summed E-state index contributed by atoms with van der Waals surface area (Å²) in [6.45, 7) is 4.19. The molecule has 0 atom stereocenters. The van der Waals surface area contributed by atoms with Gasteiger partial charge in [0.2, 0.25) is 0 Å². The number of amides is 1. The van der Waals surface area contributed by atoms with Crippen LogP contribution in [0.1, 0.15) is 18.1 Å². The lowest BCUT2D eigenvalue weighted by Crippen LogP contribution is -2.20. The number of aryl methyl sites for hydroxylation is 1. The van der Waals surface area contributed by atoms with Gasteiger partial charge < -0.3 is 14.8 Å². The van der Waals surface area contributed by atoms with Crippen LogP contribution in [0.2, 0.25) is 0 Å². The molecule has 0 unspecified atom stereocenters. The van der Waals surface area contributed by atoms with Gasteiger partial charge in [0.25, 0.3) is 5.91 Å². The Bertz CT molecular complexity index is 1270. The van der Waals surface area contributed by atoms with Gasteiger partial charge in [-0.2, -0.15) is 5.10 Å². The minimum Gasteiger partial charge on any atom is -0.490 e. The molecule has 0 radical (unpaired) electrons. The van der Waals surface area contributed by atoms with Crippen molar-refractivity contribution in [1.82, 2.24) is 0 Å². The summed E-state index contributed by atoms with van der Waals surface area (Å²) in [4.78, 5) is 12.4. The molecular weight excluding hydrogens is 450 g/mol. The average molecular weight is 480 g/mol. The van der Waals surface area contributed by atoms with Crippen molar-refractivity contribution in [3.8, 4) is 11.5 Å². The zero-order valence-corrected chi connectivity index (χ0v) is 20.4. The number of hydrazone groups is 1. The summed E-state index contributed by atoms with van der Waals surface area (Å²) >= 11 is 0. The van der Waals surface area contributed by atoms with E-state index in [1.807, 2.05) is 116 Å². The third kappa shape index (κ3) is 6.51. The minimum absolute atomic E-state index is 0.127. The van der Waals surface area contributed by atoms with Gasteiger partial charge in [-0.25, -0.2) is 5.01 Å². The molecule has 0 aliphatic heterocycles. The van der Waals surface area contributed by atoms with Gasteiger partial charge in [-0.3, -0.25) is 4.79 Å². The van der Waals surface area contributed by atoms with Crippen molar-refractivity contribution in [3.63, 3.8) is 0 Å². The van der Waals surface area contributed by atoms with Crippen LogP contribution in [0, 0.1) is 6.92 Å².